The number of hydrogen-bond acceptors (Lipinski definition) is 4. The minimum atomic E-state index is 0.544. The van der Waals surface area contributed by atoms with Crippen molar-refractivity contribution in [1.82, 2.24) is 9.78 Å². The first-order valence-electron chi connectivity index (χ1n) is 5.03. The number of hydrogen-bond donors (Lipinski definition) is 0. The predicted molar refractivity (Wildman–Crippen MR) is 62.1 cm³/mol. The number of ether oxygens (including phenoxy) is 3. The summed E-state index contributed by atoms with van der Waals surface area (Å²) in [7, 11) is 4.73. The van der Waals surface area contributed by atoms with Crippen molar-refractivity contribution < 1.29 is 14.2 Å². The molecule has 0 unspecified atom stereocenters. The van der Waals surface area contributed by atoms with Gasteiger partial charge in [0.25, 0.3) is 0 Å². The van der Waals surface area contributed by atoms with E-state index in [0.29, 0.717) is 17.2 Å². The van der Waals surface area contributed by atoms with Crippen molar-refractivity contribution in [2.24, 2.45) is 0 Å². The lowest BCUT2D eigenvalue weighted by Crippen LogP contribution is -2.02. The molecule has 0 aliphatic carbocycles. The monoisotopic (exact) mass is 233 g/mol. The maximum atomic E-state index is 5.35. The van der Waals surface area contributed by atoms with Crippen molar-refractivity contribution in [2.75, 3.05) is 21.3 Å². The Morgan fingerprint density at radius 3 is 2.35 bits per heavy atom. The van der Waals surface area contributed by atoms with Gasteiger partial charge in [0.1, 0.15) is 11.9 Å². The van der Waals surface area contributed by atoms with Crippen molar-refractivity contribution in [3.05, 3.63) is 30.6 Å². The summed E-state index contributed by atoms with van der Waals surface area (Å²) in [6, 6.07) is 5.37. The Morgan fingerprint density at radius 1 is 1.06 bits per heavy atom. The van der Waals surface area contributed by atoms with E-state index in [-0.39, 0.29) is 0 Å². The van der Waals surface area contributed by atoms with Gasteiger partial charge in [-0.15, -0.1) is 0 Å². The molecule has 0 atom stereocenters. The SMILES string of the molecule is COc1ccc(-n2cc[c]n2)c(OC)c1OC. The summed E-state index contributed by atoms with van der Waals surface area (Å²) in [5, 5.41) is 4.04. The molecule has 0 aliphatic rings. The van der Waals surface area contributed by atoms with Crippen LogP contribution in [0.2, 0.25) is 0 Å². The Morgan fingerprint density at radius 2 is 1.82 bits per heavy atom. The standard InChI is InChI=1S/C12H13N2O3/c1-15-10-6-5-9(14-8-4-7-13-14)11(16-2)12(10)17-3/h4-6,8H,1-3H3. The highest BCUT2D eigenvalue weighted by Gasteiger charge is 2.16. The van der Waals surface area contributed by atoms with Crippen LogP contribution in [0.3, 0.4) is 0 Å². The van der Waals surface area contributed by atoms with E-state index in [4.69, 9.17) is 14.2 Å². The quantitative estimate of drug-likeness (QED) is 0.806. The van der Waals surface area contributed by atoms with E-state index in [1.807, 2.05) is 6.07 Å². The average molecular weight is 233 g/mol. The summed E-state index contributed by atoms with van der Waals surface area (Å²) >= 11 is 0. The second-order valence-electron chi connectivity index (χ2n) is 3.24. The molecule has 17 heavy (non-hydrogen) atoms. The zero-order chi connectivity index (χ0) is 12.3. The van der Waals surface area contributed by atoms with Gasteiger partial charge in [-0.05, 0) is 18.2 Å². The molecule has 89 valence electrons. The first kappa shape index (κ1) is 11.3. The number of aromatic nitrogens is 2. The molecule has 1 aromatic heterocycles. The van der Waals surface area contributed by atoms with Crippen LogP contribution in [0.15, 0.2) is 24.4 Å². The molecule has 0 fully saturated rings. The Labute approximate surface area is 99.5 Å². The van der Waals surface area contributed by atoms with Gasteiger partial charge in [0.15, 0.2) is 11.5 Å². The first-order valence-corrected chi connectivity index (χ1v) is 5.03. The van der Waals surface area contributed by atoms with Crippen molar-refractivity contribution in [3.63, 3.8) is 0 Å². The van der Waals surface area contributed by atoms with Gasteiger partial charge in [-0.2, -0.15) is 5.10 Å². The van der Waals surface area contributed by atoms with Crippen LogP contribution < -0.4 is 14.2 Å². The number of nitrogens with zero attached hydrogens (tertiary/aromatic N) is 2. The van der Waals surface area contributed by atoms with Crippen LogP contribution in [0.5, 0.6) is 17.2 Å². The molecule has 0 aliphatic heterocycles. The minimum Gasteiger partial charge on any atom is -0.493 e. The van der Waals surface area contributed by atoms with Crippen LogP contribution in [0.25, 0.3) is 5.69 Å². The van der Waals surface area contributed by atoms with Crippen LogP contribution in [0, 0.1) is 6.20 Å². The van der Waals surface area contributed by atoms with E-state index in [9.17, 15) is 0 Å². The van der Waals surface area contributed by atoms with Crippen LogP contribution in [0.1, 0.15) is 0 Å². The van der Waals surface area contributed by atoms with E-state index < -0.39 is 0 Å². The van der Waals surface area contributed by atoms with Crippen molar-refractivity contribution in [2.45, 2.75) is 0 Å². The molecule has 0 spiro atoms. The van der Waals surface area contributed by atoms with Gasteiger partial charge >= 0.3 is 0 Å². The first-order chi connectivity index (χ1) is 8.31. The highest BCUT2D eigenvalue weighted by Crippen LogP contribution is 2.41. The fraction of sp³-hybridized carbons (Fsp3) is 0.250. The summed E-state index contributed by atoms with van der Waals surface area (Å²) in [6.45, 7) is 0. The highest BCUT2D eigenvalue weighted by atomic mass is 16.5. The van der Waals surface area contributed by atoms with Crippen LogP contribution >= 0.6 is 0 Å². The number of methoxy groups -OCH3 is 3. The van der Waals surface area contributed by atoms with Gasteiger partial charge in [0.05, 0.1) is 21.3 Å². The van der Waals surface area contributed by atoms with E-state index in [1.54, 1.807) is 44.3 Å². The lowest BCUT2D eigenvalue weighted by atomic mass is 10.2. The van der Waals surface area contributed by atoms with E-state index >= 15 is 0 Å². The largest absolute Gasteiger partial charge is 0.493 e. The molecular weight excluding hydrogens is 220 g/mol. The third-order valence-corrected chi connectivity index (χ3v) is 2.39. The molecule has 5 nitrogen and oxygen atoms in total. The lowest BCUT2D eigenvalue weighted by Gasteiger charge is -2.15. The third-order valence-electron chi connectivity index (χ3n) is 2.39. The maximum absolute atomic E-state index is 5.35. The fourth-order valence-corrected chi connectivity index (χ4v) is 1.63. The minimum absolute atomic E-state index is 0.544. The van der Waals surface area contributed by atoms with Gasteiger partial charge < -0.3 is 14.2 Å². The van der Waals surface area contributed by atoms with Gasteiger partial charge in [-0.1, -0.05) is 0 Å². The van der Waals surface area contributed by atoms with Gasteiger partial charge in [-0.3, -0.25) is 0 Å². The smallest absolute Gasteiger partial charge is 0.205 e. The molecule has 2 rings (SSSR count). The summed E-state index contributed by atoms with van der Waals surface area (Å²) in [4.78, 5) is 0. The average Bonchev–Trinajstić information content (AvgIpc) is 2.90. The fourth-order valence-electron chi connectivity index (χ4n) is 1.63. The van der Waals surface area contributed by atoms with Gasteiger partial charge in [0.2, 0.25) is 5.75 Å². The summed E-state index contributed by atoms with van der Waals surface area (Å²) in [6.07, 6.45) is 4.51. The van der Waals surface area contributed by atoms with Crippen LogP contribution in [-0.2, 0) is 0 Å². The second kappa shape index (κ2) is 4.78. The molecule has 0 amide bonds. The molecule has 0 saturated heterocycles. The van der Waals surface area contributed by atoms with Crippen LogP contribution in [0.4, 0.5) is 0 Å². The highest BCUT2D eigenvalue weighted by molar-refractivity contribution is 5.61. The zero-order valence-electron chi connectivity index (χ0n) is 9.93. The van der Waals surface area contributed by atoms with Gasteiger partial charge in [-0.25, -0.2) is 4.68 Å². The second-order valence-corrected chi connectivity index (χ2v) is 3.24. The molecule has 5 heteroatoms. The van der Waals surface area contributed by atoms with E-state index in [1.165, 1.54) is 0 Å². The van der Waals surface area contributed by atoms with Crippen LogP contribution in [-0.4, -0.2) is 31.1 Å². The Balaban J connectivity index is 2.61. The maximum Gasteiger partial charge on any atom is 0.205 e. The zero-order valence-corrected chi connectivity index (χ0v) is 9.93. The molecule has 1 heterocycles. The van der Waals surface area contributed by atoms with E-state index in [0.717, 1.165) is 5.69 Å². The van der Waals surface area contributed by atoms with Crippen molar-refractivity contribution >= 4 is 0 Å². The lowest BCUT2D eigenvalue weighted by molar-refractivity contribution is 0.323. The Bertz CT molecular complexity index is 495. The third kappa shape index (κ3) is 1.91. The topological polar surface area (TPSA) is 45.5 Å². The van der Waals surface area contributed by atoms with Crippen molar-refractivity contribution in [1.29, 1.82) is 0 Å². The number of benzene rings is 1. The Kier molecular flexibility index (Phi) is 3.18. The molecule has 0 N–H and O–H groups in total. The molecule has 1 radical (unpaired) electrons. The van der Waals surface area contributed by atoms with Crippen molar-refractivity contribution in [3.8, 4) is 22.9 Å². The Hall–Kier alpha value is -2.17. The van der Waals surface area contributed by atoms with Gasteiger partial charge in [0, 0.05) is 6.20 Å². The predicted octanol–water partition coefficient (Wildman–Crippen LogP) is 1.70. The summed E-state index contributed by atoms with van der Waals surface area (Å²) < 4.78 is 17.5. The summed E-state index contributed by atoms with van der Waals surface area (Å²) in [5.41, 5.74) is 0.770. The molecule has 0 bridgehead atoms. The number of rotatable bonds is 4. The molecule has 0 saturated carbocycles. The molecular formula is C12H13N2O3. The normalized spacial score (nSPS) is 10.1. The van der Waals surface area contributed by atoms with E-state index in [2.05, 4.69) is 11.3 Å². The molecule has 2 aromatic rings. The molecule has 1 aromatic carbocycles. The summed E-state index contributed by atoms with van der Waals surface area (Å²) in [5.74, 6) is 1.73.